The zero-order chi connectivity index (χ0) is 16.4. The smallest absolute Gasteiger partial charge is 0.155 e. The van der Waals surface area contributed by atoms with Crippen LogP contribution in [0.4, 0.5) is 0 Å². The van der Waals surface area contributed by atoms with Gasteiger partial charge in [0.2, 0.25) is 0 Å². The number of terminal acetylenes is 1. The van der Waals surface area contributed by atoms with Crippen LogP contribution in [0.3, 0.4) is 0 Å². The third-order valence-corrected chi connectivity index (χ3v) is 8.19. The van der Waals surface area contributed by atoms with Crippen molar-refractivity contribution in [2.24, 2.45) is 34.5 Å². The zero-order valence-electron chi connectivity index (χ0n) is 14.3. The van der Waals surface area contributed by atoms with E-state index in [1.807, 2.05) is 6.08 Å². The Morgan fingerprint density at radius 1 is 1.22 bits per heavy atom. The molecule has 7 atom stereocenters. The van der Waals surface area contributed by atoms with Crippen molar-refractivity contribution in [3.05, 3.63) is 11.6 Å². The second kappa shape index (κ2) is 4.96. The van der Waals surface area contributed by atoms with E-state index in [-0.39, 0.29) is 22.7 Å². The Labute approximate surface area is 139 Å². The fraction of sp³-hybridized carbons (Fsp3) is 0.762. The normalized spacial score (nSPS) is 52.0. The Balaban J connectivity index is 1.73. The van der Waals surface area contributed by atoms with E-state index >= 15 is 0 Å². The van der Waals surface area contributed by atoms with Crippen LogP contribution in [0.25, 0.3) is 0 Å². The number of carbonyl (C=O) groups excluding carboxylic acids is 1. The van der Waals surface area contributed by atoms with E-state index in [0.29, 0.717) is 36.5 Å². The minimum atomic E-state index is -0.300. The van der Waals surface area contributed by atoms with Crippen molar-refractivity contribution in [1.29, 1.82) is 0 Å². The Bertz CT molecular complexity index is 612. The minimum absolute atomic E-state index is 0.118. The van der Waals surface area contributed by atoms with E-state index in [4.69, 9.17) is 6.42 Å². The van der Waals surface area contributed by atoms with E-state index in [9.17, 15) is 9.90 Å². The minimum Gasteiger partial charge on any atom is -0.392 e. The molecule has 124 valence electrons. The molecule has 0 aliphatic heterocycles. The predicted molar refractivity (Wildman–Crippen MR) is 90.4 cm³/mol. The molecule has 0 aromatic carbocycles. The van der Waals surface area contributed by atoms with E-state index in [2.05, 4.69) is 19.8 Å². The Morgan fingerprint density at radius 2 is 2.00 bits per heavy atom. The lowest BCUT2D eigenvalue weighted by molar-refractivity contribution is -0.122. The van der Waals surface area contributed by atoms with Crippen molar-refractivity contribution in [2.75, 3.05) is 0 Å². The van der Waals surface area contributed by atoms with Gasteiger partial charge in [0.25, 0.3) is 0 Å². The molecule has 2 heteroatoms. The van der Waals surface area contributed by atoms with Crippen LogP contribution in [-0.4, -0.2) is 17.0 Å². The Kier molecular flexibility index (Phi) is 3.34. The number of hydrogen-bond acceptors (Lipinski definition) is 2. The summed E-state index contributed by atoms with van der Waals surface area (Å²) in [5, 5.41) is 11.0. The second-order valence-electron chi connectivity index (χ2n) is 8.96. The number of carbonyl (C=O) groups is 1. The second-order valence-corrected chi connectivity index (χ2v) is 8.96. The van der Waals surface area contributed by atoms with E-state index < -0.39 is 0 Å². The number of aliphatic hydroxyl groups is 1. The van der Waals surface area contributed by atoms with Crippen LogP contribution in [0.5, 0.6) is 0 Å². The van der Waals surface area contributed by atoms with Gasteiger partial charge in [-0.15, -0.1) is 12.3 Å². The predicted octanol–water partition coefficient (Wildman–Crippen LogP) is 3.74. The average molecular weight is 312 g/mol. The van der Waals surface area contributed by atoms with Crippen LogP contribution < -0.4 is 0 Å². The van der Waals surface area contributed by atoms with Gasteiger partial charge < -0.3 is 5.11 Å². The van der Waals surface area contributed by atoms with Crippen LogP contribution >= 0.6 is 0 Å². The third-order valence-electron chi connectivity index (χ3n) is 8.19. The first-order valence-electron chi connectivity index (χ1n) is 9.28. The van der Waals surface area contributed by atoms with Crippen molar-refractivity contribution < 1.29 is 9.90 Å². The summed E-state index contributed by atoms with van der Waals surface area (Å²) in [5.41, 5.74) is 1.55. The zero-order valence-corrected chi connectivity index (χ0v) is 14.3. The molecule has 0 bridgehead atoms. The van der Waals surface area contributed by atoms with Crippen molar-refractivity contribution in [3.8, 4) is 12.3 Å². The standard InChI is InChI=1S/C21H28O2/c1-4-13-5-6-16-19-17(8-10-20(13,16)2)21(3)9-7-15(22)11-14(21)12-18(19)23/h1,11,13,16-19,23H,5-10,12H2,2-3H3/t13-,16+,17+,18?,19+,20-,21+/m1/s1. The summed E-state index contributed by atoms with van der Waals surface area (Å²) in [4.78, 5) is 11.9. The molecule has 4 aliphatic carbocycles. The first-order valence-corrected chi connectivity index (χ1v) is 9.28. The van der Waals surface area contributed by atoms with Gasteiger partial charge >= 0.3 is 0 Å². The molecule has 2 nitrogen and oxygen atoms in total. The highest BCUT2D eigenvalue weighted by atomic mass is 16.3. The number of fused-ring (bicyclic) bond motifs is 5. The maximum absolute atomic E-state index is 11.9. The largest absolute Gasteiger partial charge is 0.392 e. The van der Waals surface area contributed by atoms with Gasteiger partial charge in [0.15, 0.2) is 5.78 Å². The van der Waals surface area contributed by atoms with Crippen molar-refractivity contribution in [2.45, 2.75) is 64.9 Å². The molecule has 0 amide bonds. The molecule has 1 N–H and O–H groups in total. The highest BCUT2D eigenvalue weighted by Crippen LogP contribution is 2.66. The molecule has 0 aromatic rings. The number of hydrogen-bond donors (Lipinski definition) is 1. The molecule has 1 unspecified atom stereocenters. The summed E-state index contributed by atoms with van der Waals surface area (Å²) < 4.78 is 0. The summed E-state index contributed by atoms with van der Waals surface area (Å²) in [6.07, 6.45) is 14.3. The highest BCUT2D eigenvalue weighted by molar-refractivity contribution is 5.91. The fourth-order valence-corrected chi connectivity index (χ4v) is 6.80. The lowest BCUT2D eigenvalue weighted by Gasteiger charge is -2.59. The van der Waals surface area contributed by atoms with Gasteiger partial charge in [-0.1, -0.05) is 19.4 Å². The van der Waals surface area contributed by atoms with Gasteiger partial charge in [0.05, 0.1) is 6.10 Å². The summed E-state index contributed by atoms with van der Waals surface area (Å²) in [7, 11) is 0. The van der Waals surface area contributed by atoms with Crippen LogP contribution in [-0.2, 0) is 4.79 Å². The van der Waals surface area contributed by atoms with Crippen LogP contribution in [0.15, 0.2) is 11.6 Å². The maximum Gasteiger partial charge on any atom is 0.155 e. The van der Waals surface area contributed by atoms with Gasteiger partial charge in [-0.2, -0.15) is 0 Å². The van der Waals surface area contributed by atoms with Crippen LogP contribution in [0.1, 0.15) is 58.8 Å². The molecular formula is C21H28O2. The topological polar surface area (TPSA) is 37.3 Å². The van der Waals surface area contributed by atoms with Crippen molar-refractivity contribution in [3.63, 3.8) is 0 Å². The highest BCUT2D eigenvalue weighted by Gasteiger charge is 2.60. The SMILES string of the molecule is C#C[C@@H]1CC[C@H]2[C@@H]3C(O)CC4=CC(=O)CC[C@]4(C)[C@H]3CC[C@]12C. The first kappa shape index (κ1) is 15.5. The number of aliphatic hydroxyl groups excluding tert-OH is 1. The Hall–Kier alpha value is -1.07. The molecule has 4 aliphatic rings. The third kappa shape index (κ3) is 1.96. The molecule has 0 heterocycles. The summed E-state index contributed by atoms with van der Waals surface area (Å²) in [6.45, 7) is 4.72. The molecule has 3 fully saturated rings. The monoisotopic (exact) mass is 312 g/mol. The number of rotatable bonds is 0. The van der Waals surface area contributed by atoms with Gasteiger partial charge in [0, 0.05) is 12.3 Å². The molecule has 3 saturated carbocycles. The molecule has 0 saturated heterocycles. The summed E-state index contributed by atoms with van der Waals surface area (Å²) in [5.74, 6) is 5.10. The summed E-state index contributed by atoms with van der Waals surface area (Å²) >= 11 is 0. The molecular weight excluding hydrogens is 284 g/mol. The molecule has 0 radical (unpaired) electrons. The van der Waals surface area contributed by atoms with Gasteiger partial charge in [0.1, 0.15) is 0 Å². The van der Waals surface area contributed by atoms with E-state index in [0.717, 1.165) is 25.7 Å². The van der Waals surface area contributed by atoms with Crippen LogP contribution in [0, 0.1) is 46.8 Å². The Morgan fingerprint density at radius 3 is 2.74 bits per heavy atom. The van der Waals surface area contributed by atoms with Gasteiger partial charge in [-0.05, 0) is 73.2 Å². The average Bonchev–Trinajstić information content (AvgIpc) is 2.85. The molecule has 0 spiro atoms. The van der Waals surface area contributed by atoms with Gasteiger partial charge in [-0.3, -0.25) is 4.79 Å². The van der Waals surface area contributed by atoms with Gasteiger partial charge in [-0.25, -0.2) is 0 Å². The van der Waals surface area contributed by atoms with Crippen molar-refractivity contribution >= 4 is 5.78 Å². The molecule has 4 rings (SSSR count). The van der Waals surface area contributed by atoms with Crippen LogP contribution in [0.2, 0.25) is 0 Å². The van der Waals surface area contributed by atoms with Crippen molar-refractivity contribution in [1.82, 2.24) is 0 Å². The lowest BCUT2D eigenvalue weighted by atomic mass is 9.46. The quantitative estimate of drug-likeness (QED) is 0.692. The van der Waals surface area contributed by atoms with E-state index in [1.165, 1.54) is 12.0 Å². The summed E-state index contributed by atoms with van der Waals surface area (Å²) in [6, 6.07) is 0. The maximum atomic E-state index is 11.9. The van der Waals surface area contributed by atoms with E-state index in [1.54, 1.807) is 0 Å². The first-order chi connectivity index (χ1) is 10.9. The molecule has 23 heavy (non-hydrogen) atoms. The molecule has 0 aromatic heterocycles. The lowest BCUT2D eigenvalue weighted by Crippen LogP contribution is -2.55. The fourth-order valence-electron chi connectivity index (χ4n) is 6.80. The number of ketones is 1.